The van der Waals surface area contributed by atoms with E-state index < -0.39 is 0 Å². The third-order valence-corrected chi connectivity index (χ3v) is 7.03. The molecule has 0 spiro atoms. The van der Waals surface area contributed by atoms with Crippen LogP contribution in [0.25, 0.3) is 0 Å². The van der Waals surface area contributed by atoms with Crippen molar-refractivity contribution in [1.29, 1.82) is 0 Å². The number of halogens is 2. The van der Waals surface area contributed by atoms with Crippen molar-refractivity contribution in [2.75, 3.05) is 29.9 Å². The largest absolute Gasteiger partial charge is 0.305 e. The molecule has 0 saturated carbocycles. The van der Waals surface area contributed by atoms with Crippen LogP contribution >= 0.6 is 11.6 Å². The van der Waals surface area contributed by atoms with Crippen LogP contribution in [0.4, 0.5) is 15.8 Å². The van der Waals surface area contributed by atoms with Gasteiger partial charge >= 0.3 is 0 Å². The predicted octanol–water partition coefficient (Wildman–Crippen LogP) is 6.33. The molecule has 0 bridgehead atoms. The van der Waals surface area contributed by atoms with Gasteiger partial charge in [-0.2, -0.15) is 0 Å². The molecule has 0 aliphatic carbocycles. The lowest BCUT2D eigenvalue weighted by Gasteiger charge is -2.45. The first-order valence-electron chi connectivity index (χ1n) is 12.3. The molecule has 1 aliphatic rings. The summed E-state index contributed by atoms with van der Waals surface area (Å²) in [5.74, 6) is -0.571. The quantitative estimate of drug-likeness (QED) is 0.375. The average molecular weight is 508 g/mol. The van der Waals surface area contributed by atoms with Crippen LogP contribution in [-0.4, -0.2) is 42.9 Å². The van der Waals surface area contributed by atoms with Crippen LogP contribution in [0, 0.1) is 5.82 Å². The highest BCUT2D eigenvalue weighted by molar-refractivity contribution is 6.30. The summed E-state index contributed by atoms with van der Waals surface area (Å²) in [4.78, 5) is 33.0. The Morgan fingerprint density at radius 2 is 1.67 bits per heavy atom. The molecule has 0 saturated heterocycles. The lowest BCUT2D eigenvalue weighted by Crippen LogP contribution is -2.52. The van der Waals surface area contributed by atoms with Crippen LogP contribution in [0.1, 0.15) is 48.7 Å². The maximum Gasteiger partial charge on any atom is 0.258 e. The Balaban J connectivity index is 1.84. The fraction of sp³-hybridized carbons (Fsp3) is 0.310. The Kier molecular flexibility index (Phi) is 8.07. The van der Waals surface area contributed by atoms with E-state index in [0.717, 1.165) is 23.5 Å². The number of hydrogen-bond donors (Lipinski definition) is 0. The van der Waals surface area contributed by atoms with E-state index in [-0.39, 0.29) is 29.7 Å². The molecule has 3 aromatic carbocycles. The van der Waals surface area contributed by atoms with Gasteiger partial charge in [0.15, 0.2) is 0 Å². The van der Waals surface area contributed by atoms with Gasteiger partial charge in [-0.15, -0.1) is 0 Å². The maximum absolute atomic E-state index is 13.8. The van der Waals surface area contributed by atoms with E-state index in [1.165, 1.54) is 24.3 Å². The second-order valence-electron chi connectivity index (χ2n) is 9.09. The van der Waals surface area contributed by atoms with Gasteiger partial charge < -0.3 is 14.7 Å². The summed E-state index contributed by atoms with van der Waals surface area (Å²) in [5.41, 5.74) is 2.86. The molecular weight excluding hydrogens is 477 g/mol. The number of likely N-dealkylation sites (N-methyl/N-ethyl adjacent to an activating group) is 1. The number of amides is 2. The minimum Gasteiger partial charge on any atom is -0.305 e. The van der Waals surface area contributed by atoms with Gasteiger partial charge in [-0.05, 0) is 80.2 Å². The lowest BCUT2D eigenvalue weighted by molar-refractivity contribution is -0.118. The second-order valence-corrected chi connectivity index (χ2v) is 9.53. The van der Waals surface area contributed by atoms with Gasteiger partial charge in [-0.1, -0.05) is 43.6 Å². The molecule has 4 rings (SSSR count). The SMILES string of the molecule is CCC(=O)N(c1ccc(Cl)cc1)C1CC(CN(C)CC)N(C(=O)c2ccc(F)cc2)c2ccccc21. The lowest BCUT2D eigenvalue weighted by atomic mass is 9.88. The number of para-hydroxylation sites is 1. The smallest absolute Gasteiger partial charge is 0.258 e. The number of hydrogen-bond acceptors (Lipinski definition) is 3. The fourth-order valence-electron chi connectivity index (χ4n) is 4.84. The Labute approximate surface area is 217 Å². The van der Waals surface area contributed by atoms with E-state index >= 15 is 0 Å². The highest BCUT2D eigenvalue weighted by Crippen LogP contribution is 2.43. The van der Waals surface area contributed by atoms with Gasteiger partial charge in [0.1, 0.15) is 5.82 Å². The number of anilines is 2. The number of rotatable bonds is 7. The van der Waals surface area contributed by atoms with Crippen molar-refractivity contribution in [3.05, 3.63) is 94.8 Å². The van der Waals surface area contributed by atoms with Crippen molar-refractivity contribution in [2.45, 2.75) is 38.8 Å². The number of nitrogens with zero attached hydrogens (tertiary/aromatic N) is 3. The monoisotopic (exact) mass is 507 g/mol. The first kappa shape index (κ1) is 25.9. The van der Waals surface area contributed by atoms with E-state index in [4.69, 9.17) is 11.6 Å². The summed E-state index contributed by atoms with van der Waals surface area (Å²) in [6.45, 7) is 5.37. The van der Waals surface area contributed by atoms with Crippen molar-refractivity contribution in [2.24, 2.45) is 0 Å². The zero-order valence-corrected chi connectivity index (χ0v) is 21.6. The van der Waals surface area contributed by atoms with Gasteiger partial charge in [-0.25, -0.2) is 4.39 Å². The minimum atomic E-state index is -0.385. The van der Waals surface area contributed by atoms with Crippen molar-refractivity contribution < 1.29 is 14.0 Å². The number of fused-ring (bicyclic) bond motifs is 1. The molecule has 2 atom stereocenters. The van der Waals surface area contributed by atoms with Gasteiger partial charge in [0.25, 0.3) is 5.91 Å². The topological polar surface area (TPSA) is 43.9 Å². The van der Waals surface area contributed by atoms with E-state index in [1.807, 2.05) is 60.2 Å². The summed E-state index contributed by atoms with van der Waals surface area (Å²) >= 11 is 6.14. The molecule has 1 aliphatic heterocycles. The zero-order valence-electron chi connectivity index (χ0n) is 20.8. The Morgan fingerprint density at radius 3 is 2.31 bits per heavy atom. The van der Waals surface area contributed by atoms with Crippen LogP contribution in [0.3, 0.4) is 0 Å². The van der Waals surface area contributed by atoms with Gasteiger partial charge in [0, 0.05) is 34.9 Å². The molecule has 3 aromatic rings. The summed E-state index contributed by atoms with van der Waals surface area (Å²) in [7, 11) is 2.02. The highest BCUT2D eigenvalue weighted by Gasteiger charge is 2.40. The van der Waals surface area contributed by atoms with Crippen LogP contribution in [-0.2, 0) is 4.79 Å². The normalized spacial score (nSPS) is 17.1. The third kappa shape index (κ3) is 5.30. The van der Waals surface area contributed by atoms with E-state index in [0.29, 0.717) is 30.0 Å². The standard InChI is InChI=1S/C29H31ClFN3O2/c1-4-28(35)33(23-16-12-21(30)13-17-23)27-18-24(19-32(3)5-2)34(26-9-7-6-8-25(26)27)29(36)20-10-14-22(31)15-11-20/h6-17,24,27H,4-5,18-19H2,1-3H3. The van der Waals surface area contributed by atoms with Crippen molar-refractivity contribution in [3.63, 3.8) is 0 Å². The van der Waals surface area contributed by atoms with Gasteiger partial charge in [-0.3, -0.25) is 9.59 Å². The Bertz CT molecular complexity index is 1220. The molecule has 2 unspecified atom stereocenters. The molecule has 0 radical (unpaired) electrons. The van der Waals surface area contributed by atoms with Gasteiger partial charge in [0.2, 0.25) is 5.91 Å². The van der Waals surface area contributed by atoms with Crippen LogP contribution in [0.15, 0.2) is 72.8 Å². The molecule has 7 heteroatoms. The molecular formula is C29H31ClFN3O2. The van der Waals surface area contributed by atoms with Crippen LogP contribution in [0.5, 0.6) is 0 Å². The number of carbonyl (C=O) groups is 2. The summed E-state index contributed by atoms with van der Waals surface area (Å²) in [6, 6.07) is 20.2. The predicted molar refractivity (Wildman–Crippen MR) is 143 cm³/mol. The first-order chi connectivity index (χ1) is 17.3. The molecule has 2 amide bonds. The molecule has 5 nitrogen and oxygen atoms in total. The minimum absolute atomic E-state index is 0.00182. The first-order valence-corrected chi connectivity index (χ1v) is 12.7. The van der Waals surface area contributed by atoms with Crippen LogP contribution < -0.4 is 9.80 Å². The van der Waals surface area contributed by atoms with Crippen molar-refractivity contribution in [3.8, 4) is 0 Å². The molecule has 1 heterocycles. The fourth-order valence-corrected chi connectivity index (χ4v) is 4.97. The number of benzene rings is 3. The van der Waals surface area contributed by atoms with Crippen LogP contribution in [0.2, 0.25) is 5.02 Å². The van der Waals surface area contributed by atoms with E-state index in [2.05, 4.69) is 11.8 Å². The van der Waals surface area contributed by atoms with Crippen molar-refractivity contribution >= 4 is 34.8 Å². The summed E-state index contributed by atoms with van der Waals surface area (Å²) in [5, 5.41) is 0.602. The van der Waals surface area contributed by atoms with E-state index in [1.54, 1.807) is 12.1 Å². The third-order valence-electron chi connectivity index (χ3n) is 6.78. The van der Waals surface area contributed by atoms with Crippen molar-refractivity contribution in [1.82, 2.24) is 4.90 Å². The van der Waals surface area contributed by atoms with E-state index in [9.17, 15) is 14.0 Å². The highest BCUT2D eigenvalue weighted by atomic mass is 35.5. The second kappa shape index (κ2) is 11.2. The molecule has 0 fully saturated rings. The zero-order chi connectivity index (χ0) is 25.8. The average Bonchev–Trinajstić information content (AvgIpc) is 2.89. The number of carbonyl (C=O) groups excluding carboxylic acids is 2. The molecule has 0 N–H and O–H groups in total. The summed E-state index contributed by atoms with van der Waals surface area (Å²) < 4.78 is 13.6. The molecule has 0 aromatic heterocycles. The molecule has 188 valence electrons. The molecule has 36 heavy (non-hydrogen) atoms. The Morgan fingerprint density at radius 1 is 1.00 bits per heavy atom. The maximum atomic E-state index is 13.8. The van der Waals surface area contributed by atoms with Gasteiger partial charge in [0.05, 0.1) is 12.1 Å². The Hall–Kier alpha value is -3.22. The summed E-state index contributed by atoms with van der Waals surface area (Å²) in [6.07, 6.45) is 0.904.